The van der Waals surface area contributed by atoms with Crippen molar-refractivity contribution < 1.29 is 14.3 Å². The summed E-state index contributed by atoms with van der Waals surface area (Å²) >= 11 is 0. The number of hydrogen-bond acceptors (Lipinski definition) is 6. The fraction of sp³-hybridized carbons (Fsp3) is 0.643. The molecule has 0 aliphatic carbocycles. The van der Waals surface area contributed by atoms with Gasteiger partial charge in [-0.15, -0.1) is 0 Å². The molecular formula is C14H22N4O3. The van der Waals surface area contributed by atoms with Gasteiger partial charge in [-0.25, -0.2) is 9.97 Å². The van der Waals surface area contributed by atoms with Gasteiger partial charge in [-0.1, -0.05) is 0 Å². The second kappa shape index (κ2) is 6.36. The number of methoxy groups -OCH3 is 1. The highest BCUT2D eigenvalue weighted by atomic mass is 16.5. The summed E-state index contributed by atoms with van der Waals surface area (Å²) in [6, 6.07) is 0.355. The van der Waals surface area contributed by atoms with Gasteiger partial charge >= 0.3 is 6.01 Å². The third kappa shape index (κ3) is 3.68. The lowest BCUT2D eigenvalue weighted by Gasteiger charge is -2.40. The Bertz CT molecular complexity index is 491. The van der Waals surface area contributed by atoms with Crippen LogP contribution in [-0.4, -0.2) is 72.2 Å². The SMILES string of the molecule is COc1ncc(CN2CCOC(C)(C(=O)N(C)C)C2)cn1. The number of carbonyl (C=O) groups excluding carboxylic acids is 1. The van der Waals surface area contributed by atoms with Crippen LogP contribution in [0.3, 0.4) is 0 Å². The topological polar surface area (TPSA) is 67.8 Å². The third-order valence-electron chi connectivity index (χ3n) is 3.48. The van der Waals surface area contributed by atoms with Crippen molar-refractivity contribution in [3.63, 3.8) is 0 Å². The maximum atomic E-state index is 12.2. The molecule has 0 radical (unpaired) electrons. The molecule has 0 N–H and O–H groups in total. The first kappa shape index (κ1) is 15.7. The van der Waals surface area contributed by atoms with E-state index in [1.807, 2.05) is 6.92 Å². The Hall–Kier alpha value is -1.73. The van der Waals surface area contributed by atoms with E-state index < -0.39 is 5.60 Å². The Morgan fingerprint density at radius 2 is 2.14 bits per heavy atom. The molecule has 1 aliphatic rings. The van der Waals surface area contributed by atoms with E-state index in [2.05, 4.69) is 14.9 Å². The standard InChI is InChI=1S/C14H22N4O3/c1-14(12(19)17(2)3)10-18(5-6-21-14)9-11-7-15-13(20-4)16-8-11/h7-8H,5-6,9-10H2,1-4H3. The van der Waals surface area contributed by atoms with Crippen LogP contribution < -0.4 is 4.74 Å². The smallest absolute Gasteiger partial charge is 0.316 e. The van der Waals surface area contributed by atoms with E-state index in [4.69, 9.17) is 9.47 Å². The summed E-state index contributed by atoms with van der Waals surface area (Å²) in [7, 11) is 5.02. The molecule has 1 atom stereocenters. The lowest BCUT2D eigenvalue weighted by molar-refractivity contribution is -0.165. The number of aromatic nitrogens is 2. The Morgan fingerprint density at radius 3 is 2.71 bits per heavy atom. The fourth-order valence-electron chi connectivity index (χ4n) is 2.48. The molecule has 1 aromatic heterocycles. The largest absolute Gasteiger partial charge is 0.467 e. The van der Waals surface area contributed by atoms with Gasteiger partial charge in [0.2, 0.25) is 0 Å². The normalized spacial score (nSPS) is 22.9. The van der Waals surface area contributed by atoms with Crippen LogP contribution >= 0.6 is 0 Å². The number of morpholine rings is 1. The highest BCUT2D eigenvalue weighted by molar-refractivity contribution is 5.84. The molecule has 21 heavy (non-hydrogen) atoms. The van der Waals surface area contributed by atoms with Crippen LogP contribution in [0.25, 0.3) is 0 Å². The second-order valence-corrected chi connectivity index (χ2v) is 5.57. The van der Waals surface area contributed by atoms with Crippen molar-refractivity contribution in [1.82, 2.24) is 19.8 Å². The first-order chi connectivity index (χ1) is 9.94. The van der Waals surface area contributed by atoms with E-state index in [1.54, 1.807) is 31.4 Å². The molecule has 1 amide bonds. The van der Waals surface area contributed by atoms with Crippen LogP contribution in [0, 0.1) is 0 Å². The number of ether oxygens (including phenoxy) is 2. The zero-order valence-electron chi connectivity index (χ0n) is 13.0. The average Bonchev–Trinajstić information content (AvgIpc) is 2.47. The predicted octanol–water partition coefficient (Wildman–Crippen LogP) is 0.164. The monoisotopic (exact) mass is 294 g/mol. The van der Waals surface area contributed by atoms with Gasteiger partial charge in [-0.3, -0.25) is 9.69 Å². The van der Waals surface area contributed by atoms with Gasteiger partial charge < -0.3 is 14.4 Å². The van der Waals surface area contributed by atoms with Gasteiger partial charge in [0.15, 0.2) is 5.60 Å². The molecule has 0 saturated carbocycles. The van der Waals surface area contributed by atoms with E-state index in [0.717, 1.165) is 12.1 Å². The Morgan fingerprint density at radius 1 is 1.48 bits per heavy atom. The molecule has 0 spiro atoms. The molecule has 1 saturated heterocycles. The van der Waals surface area contributed by atoms with E-state index in [-0.39, 0.29) is 5.91 Å². The summed E-state index contributed by atoms with van der Waals surface area (Å²) in [5.41, 5.74) is 0.187. The first-order valence-corrected chi connectivity index (χ1v) is 6.87. The molecule has 0 bridgehead atoms. The average molecular weight is 294 g/mol. The predicted molar refractivity (Wildman–Crippen MR) is 76.9 cm³/mol. The van der Waals surface area contributed by atoms with Gasteiger partial charge in [0.05, 0.1) is 13.7 Å². The summed E-state index contributed by atoms with van der Waals surface area (Å²) < 4.78 is 10.7. The van der Waals surface area contributed by atoms with Crippen molar-refractivity contribution in [3.05, 3.63) is 18.0 Å². The minimum Gasteiger partial charge on any atom is -0.467 e. The zero-order chi connectivity index (χ0) is 15.5. The van der Waals surface area contributed by atoms with Gasteiger partial charge in [0, 0.05) is 51.7 Å². The minimum absolute atomic E-state index is 0.0156. The van der Waals surface area contributed by atoms with Crippen LogP contribution in [0.1, 0.15) is 12.5 Å². The summed E-state index contributed by atoms with van der Waals surface area (Å²) in [6.07, 6.45) is 3.48. The summed E-state index contributed by atoms with van der Waals surface area (Å²) in [5.74, 6) is -0.0156. The molecule has 0 aromatic carbocycles. The highest BCUT2D eigenvalue weighted by Crippen LogP contribution is 2.21. The van der Waals surface area contributed by atoms with Gasteiger partial charge in [-0.05, 0) is 6.92 Å². The number of nitrogens with zero attached hydrogens (tertiary/aromatic N) is 4. The van der Waals surface area contributed by atoms with Crippen molar-refractivity contribution in [2.24, 2.45) is 0 Å². The molecule has 1 aromatic rings. The maximum absolute atomic E-state index is 12.2. The van der Waals surface area contributed by atoms with Crippen LogP contribution in [0.4, 0.5) is 0 Å². The summed E-state index contributed by atoms with van der Waals surface area (Å²) in [4.78, 5) is 24.2. The highest BCUT2D eigenvalue weighted by Gasteiger charge is 2.40. The number of hydrogen-bond donors (Lipinski definition) is 0. The number of rotatable bonds is 4. The van der Waals surface area contributed by atoms with E-state index in [0.29, 0.717) is 25.7 Å². The molecule has 2 heterocycles. The Labute approximate surface area is 124 Å². The Balaban J connectivity index is 2.02. The van der Waals surface area contributed by atoms with E-state index in [9.17, 15) is 4.79 Å². The van der Waals surface area contributed by atoms with Crippen molar-refractivity contribution in [1.29, 1.82) is 0 Å². The molecule has 1 fully saturated rings. The quantitative estimate of drug-likeness (QED) is 0.788. The molecule has 116 valence electrons. The summed E-state index contributed by atoms with van der Waals surface area (Å²) in [6.45, 7) is 4.39. The summed E-state index contributed by atoms with van der Waals surface area (Å²) in [5, 5.41) is 0. The van der Waals surface area contributed by atoms with Crippen molar-refractivity contribution >= 4 is 5.91 Å². The van der Waals surface area contributed by atoms with Gasteiger partial charge in [0.25, 0.3) is 5.91 Å². The fourth-order valence-corrected chi connectivity index (χ4v) is 2.48. The molecular weight excluding hydrogens is 272 g/mol. The van der Waals surface area contributed by atoms with Gasteiger partial charge in [-0.2, -0.15) is 0 Å². The third-order valence-corrected chi connectivity index (χ3v) is 3.48. The van der Waals surface area contributed by atoms with Crippen molar-refractivity contribution in [2.75, 3.05) is 40.9 Å². The Kier molecular flexibility index (Phi) is 4.74. The minimum atomic E-state index is -0.797. The van der Waals surface area contributed by atoms with E-state index in [1.165, 1.54) is 7.11 Å². The maximum Gasteiger partial charge on any atom is 0.316 e. The number of carbonyl (C=O) groups is 1. The molecule has 1 aliphatic heterocycles. The van der Waals surface area contributed by atoms with Crippen LogP contribution in [0.15, 0.2) is 12.4 Å². The van der Waals surface area contributed by atoms with Gasteiger partial charge in [0.1, 0.15) is 0 Å². The molecule has 7 heteroatoms. The second-order valence-electron chi connectivity index (χ2n) is 5.57. The van der Waals surface area contributed by atoms with Crippen LogP contribution in [0.5, 0.6) is 6.01 Å². The lowest BCUT2D eigenvalue weighted by Crippen LogP contribution is -2.57. The lowest BCUT2D eigenvalue weighted by atomic mass is 10.0. The number of amides is 1. The van der Waals surface area contributed by atoms with Crippen molar-refractivity contribution in [2.45, 2.75) is 19.1 Å². The van der Waals surface area contributed by atoms with E-state index >= 15 is 0 Å². The zero-order valence-corrected chi connectivity index (χ0v) is 13.0. The van der Waals surface area contributed by atoms with Crippen molar-refractivity contribution in [3.8, 4) is 6.01 Å². The van der Waals surface area contributed by atoms with Crippen LogP contribution in [0.2, 0.25) is 0 Å². The van der Waals surface area contributed by atoms with Crippen LogP contribution in [-0.2, 0) is 16.1 Å². The molecule has 2 rings (SSSR count). The molecule has 7 nitrogen and oxygen atoms in total. The first-order valence-electron chi connectivity index (χ1n) is 6.87. The number of likely N-dealkylation sites (N-methyl/N-ethyl adjacent to an activating group) is 1. The molecule has 1 unspecified atom stereocenters.